The van der Waals surface area contributed by atoms with Crippen LogP contribution in [0.15, 0.2) is 0 Å². The summed E-state index contributed by atoms with van der Waals surface area (Å²) in [7, 11) is 0. The Labute approximate surface area is 67.8 Å². The van der Waals surface area contributed by atoms with Gasteiger partial charge in [-0.25, -0.2) is 0 Å². The van der Waals surface area contributed by atoms with Crippen molar-refractivity contribution in [1.82, 2.24) is 5.32 Å². The second kappa shape index (κ2) is 7.54. The summed E-state index contributed by atoms with van der Waals surface area (Å²) in [6.45, 7) is 2.50. The van der Waals surface area contributed by atoms with Crippen LogP contribution in [0.3, 0.4) is 0 Å². The number of aliphatic hydroxyl groups excluding tert-OH is 1. The standard InChI is InChI=1S/C8H17NO2/c1-2-3-4-5-8(11)6-9-7-10/h7-8,11H,2-6H2,1H3,(H,9,10). The average Bonchev–Trinajstić information content (AvgIpc) is 2.01. The van der Waals surface area contributed by atoms with E-state index >= 15 is 0 Å². The summed E-state index contributed by atoms with van der Waals surface area (Å²) in [4.78, 5) is 9.82. The van der Waals surface area contributed by atoms with Gasteiger partial charge in [-0.05, 0) is 6.42 Å². The predicted molar refractivity (Wildman–Crippen MR) is 44.2 cm³/mol. The molecule has 66 valence electrons. The SMILES string of the molecule is CCCCCC(O)CNC=O. The number of aliphatic hydroxyl groups is 1. The van der Waals surface area contributed by atoms with Crippen molar-refractivity contribution in [2.45, 2.75) is 38.7 Å². The van der Waals surface area contributed by atoms with Gasteiger partial charge in [0.2, 0.25) is 6.41 Å². The van der Waals surface area contributed by atoms with Gasteiger partial charge < -0.3 is 10.4 Å². The first-order valence-corrected chi connectivity index (χ1v) is 4.16. The summed E-state index contributed by atoms with van der Waals surface area (Å²) in [6, 6.07) is 0. The fourth-order valence-electron chi connectivity index (χ4n) is 0.916. The molecule has 1 atom stereocenters. The number of amides is 1. The Morgan fingerprint density at radius 1 is 1.55 bits per heavy atom. The fraction of sp³-hybridized carbons (Fsp3) is 0.875. The topological polar surface area (TPSA) is 49.3 Å². The van der Waals surface area contributed by atoms with Gasteiger partial charge in [0.15, 0.2) is 0 Å². The first-order valence-electron chi connectivity index (χ1n) is 4.16. The van der Waals surface area contributed by atoms with E-state index in [-0.39, 0.29) is 6.10 Å². The minimum absolute atomic E-state index is 0.369. The van der Waals surface area contributed by atoms with Crippen LogP contribution in [0.1, 0.15) is 32.6 Å². The van der Waals surface area contributed by atoms with Crippen LogP contribution in [0, 0.1) is 0 Å². The van der Waals surface area contributed by atoms with Crippen molar-refractivity contribution in [2.75, 3.05) is 6.54 Å². The van der Waals surface area contributed by atoms with E-state index in [0.717, 1.165) is 25.7 Å². The van der Waals surface area contributed by atoms with Crippen LogP contribution in [0.5, 0.6) is 0 Å². The molecule has 0 aromatic carbocycles. The lowest BCUT2D eigenvalue weighted by Gasteiger charge is -2.07. The maximum Gasteiger partial charge on any atom is 0.207 e. The predicted octanol–water partition coefficient (Wildman–Crippen LogP) is 0.674. The first-order chi connectivity index (χ1) is 5.31. The van der Waals surface area contributed by atoms with E-state index < -0.39 is 0 Å². The largest absolute Gasteiger partial charge is 0.391 e. The summed E-state index contributed by atoms with van der Waals surface area (Å²) >= 11 is 0. The van der Waals surface area contributed by atoms with Gasteiger partial charge >= 0.3 is 0 Å². The highest BCUT2D eigenvalue weighted by Gasteiger charge is 2.00. The van der Waals surface area contributed by atoms with Crippen LogP contribution in [0.25, 0.3) is 0 Å². The van der Waals surface area contributed by atoms with E-state index in [1.807, 2.05) is 0 Å². The molecular formula is C8H17NO2. The van der Waals surface area contributed by atoms with Crippen molar-refractivity contribution < 1.29 is 9.90 Å². The molecule has 0 aromatic heterocycles. The number of rotatable bonds is 7. The summed E-state index contributed by atoms with van der Waals surface area (Å²) in [6.07, 6.45) is 4.38. The summed E-state index contributed by atoms with van der Waals surface area (Å²) in [5.74, 6) is 0. The molecular weight excluding hydrogens is 142 g/mol. The highest BCUT2D eigenvalue weighted by molar-refractivity contribution is 5.45. The third-order valence-corrected chi connectivity index (χ3v) is 1.58. The molecule has 0 heterocycles. The molecule has 2 N–H and O–H groups in total. The van der Waals surface area contributed by atoms with Gasteiger partial charge in [0, 0.05) is 6.54 Å². The molecule has 0 spiro atoms. The molecule has 3 nitrogen and oxygen atoms in total. The number of hydrogen-bond donors (Lipinski definition) is 2. The van der Waals surface area contributed by atoms with Crippen molar-refractivity contribution in [3.8, 4) is 0 Å². The zero-order valence-electron chi connectivity index (χ0n) is 7.05. The Morgan fingerprint density at radius 3 is 2.82 bits per heavy atom. The van der Waals surface area contributed by atoms with Crippen LogP contribution in [-0.4, -0.2) is 24.2 Å². The molecule has 0 aliphatic heterocycles. The zero-order valence-corrected chi connectivity index (χ0v) is 7.05. The summed E-state index contributed by atoms with van der Waals surface area (Å²) < 4.78 is 0. The van der Waals surface area contributed by atoms with Crippen molar-refractivity contribution in [2.24, 2.45) is 0 Å². The third-order valence-electron chi connectivity index (χ3n) is 1.58. The second-order valence-corrected chi connectivity index (χ2v) is 2.68. The van der Waals surface area contributed by atoms with E-state index in [9.17, 15) is 9.90 Å². The molecule has 0 radical (unpaired) electrons. The van der Waals surface area contributed by atoms with E-state index in [4.69, 9.17) is 0 Å². The van der Waals surface area contributed by atoms with Crippen molar-refractivity contribution in [3.63, 3.8) is 0 Å². The normalized spacial score (nSPS) is 12.5. The highest BCUT2D eigenvalue weighted by Crippen LogP contribution is 2.01. The van der Waals surface area contributed by atoms with Crippen LogP contribution in [-0.2, 0) is 4.79 Å². The van der Waals surface area contributed by atoms with Gasteiger partial charge in [-0.1, -0.05) is 26.2 Å². The lowest BCUT2D eigenvalue weighted by molar-refractivity contribution is -0.110. The molecule has 0 aromatic rings. The van der Waals surface area contributed by atoms with Crippen LogP contribution in [0.4, 0.5) is 0 Å². The number of carbonyl (C=O) groups excluding carboxylic acids is 1. The maximum atomic E-state index is 9.82. The minimum atomic E-state index is -0.369. The number of unbranched alkanes of at least 4 members (excludes halogenated alkanes) is 2. The smallest absolute Gasteiger partial charge is 0.207 e. The molecule has 1 unspecified atom stereocenters. The van der Waals surface area contributed by atoms with Gasteiger partial charge in [0.1, 0.15) is 0 Å². The molecule has 0 saturated heterocycles. The average molecular weight is 159 g/mol. The Bertz CT molecular complexity index is 96.1. The molecule has 0 bridgehead atoms. The monoisotopic (exact) mass is 159 g/mol. The van der Waals surface area contributed by atoms with Crippen molar-refractivity contribution >= 4 is 6.41 Å². The van der Waals surface area contributed by atoms with Gasteiger partial charge in [0.25, 0.3) is 0 Å². The highest BCUT2D eigenvalue weighted by atomic mass is 16.3. The van der Waals surface area contributed by atoms with Crippen LogP contribution < -0.4 is 5.32 Å². The second-order valence-electron chi connectivity index (χ2n) is 2.68. The van der Waals surface area contributed by atoms with Crippen LogP contribution in [0.2, 0.25) is 0 Å². The Kier molecular flexibility index (Phi) is 7.15. The molecule has 0 rings (SSSR count). The molecule has 1 amide bonds. The van der Waals surface area contributed by atoms with Gasteiger partial charge in [0.05, 0.1) is 6.10 Å². The fourth-order valence-corrected chi connectivity index (χ4v) is 0.916. The maximum absolute atomic E-state index is 9.82. The first kappa shape index (κ1) is 10.4. The van der Waals surface area contributed by atoms with E-state index in [1.54, 1.807) is 0 Å². The van der Waals surface area contributed by atoms with E-state index in [2.05, 4.69) is 12.2 Å². The quantitative estimate of drug-likeness (QED) is 0.424. The van der Waals surface area contributed by atoms with E-state index in [0.29, 0.717) is 13.0 Å². The molecule has 0 saturated carbocycles. The molecule has 0 fully saturated rings. The lowest BCUT2D eigenvalue weighted by Crippen LogP contribution is -2.25. The van der Waals surface area contributed by atoms with Crippen molar-refractivity contribution in [3.05, 3.63) is 0 Å². The summed E-state index contributed by atoms with van der Waals surface area (Å²) in [5, 5.41) is 11.6. The summed E-state index contributed by atoms with van der Waals surface area (Å²) in [5.41, 5.74) is 0. The molecule has 11 heavy (non-hydrogen) atoms. The van der Waals surface area contributed by atoms with Crippen molar-refractivity contribution in [1.29, 1.82) is 0 Å². The Morgan fingerprint density at radius 2 is 2.27 bits per heavy atom. The Hall–Kier alpha value is -0.570. The van der Waals surface area contributed by atoms with Gasteiger partial charge in [-0.2, -0.15) is 0 Å². The number of carbonyl (C=O) groups is 1. The van der Waals surface area contributed by atoms with E-state index in [1.165, 1.54) is 0 Å². The lowest BCUT2D eigenvalue weighted by atomic mass is 10.1. The molecule has 3 heteroatoms. The molecule has 0 aliphatic carbocycles. The zero-order chi connectivity index (χ0) is 8.53. The Balaban J connectivity index is 3.08. The number of hydrogen-bond acceptors (Lipinski definition) is 2. The minimum Gasteiger partial charge on any atom is -0.391 e. The third kappa shape index (κ3) is 7.33. The van der Waals surface area contributed by atoms with Crippen LogP contribution >= 0.6 is 0 Å². The number of nitrogens with one attached hydrogen (secondary N) is 1. The van der Waals surface area contributed by atoms with Gasteiger partial charge in [-0.3, -0.25) is 4.79 Å². The van der Waals surface area contributed by atoms with Gasteiger partial charge in [-0.15, -0.1) is 0 Å². The molecule has 0 aliphatic rings.